The van der Waals surface area contributed by atoms with Gasteiger partial charge in [-0.1, -0.05) is 47.6 Å². The van der Waals surface area contributed by atoms with Crippen molar-refractivity contribution in [1.29, 1.82) is 0 Å². The van der Waals surface area contributed by atoms with Crippen LogP contribution in [0, 0.1) is 0 Å². The third-order valence-electron chi connectivity index (χ3n) is 5.14. The number of halogens is 5. The van der Waals surface area contributed by atoms with E-state index in [0.717, 1.165) is 10.1 Å². The largest absolute Gasteiger partial charge is 0.390 e. The SMILES string of the molecule is Cl.Cn1c(=O)n(C/C=C/c2ccc(Cl)cc2)c(=O)c2c1nc(SC(C)(C)CN)n2CCC(F)(F)F. The molecule has 0 aliphatic rings. The van der Waals surface area contributed by atoms with Crippen molar-refractivity contribution in [2.75, 3.05) is 6.54 Å². The maximum absolute atomic E-state index is 13.3. The van der Waals surface area contributed by atoms with Gasteiger partial charge in [-0.25, -0.2) is 9.78 Å². The van der Waals surface area contributed by atoms with Gasteiger partial charge in [-0.15, -0.1) is 12.4 Å². The van der Waals surface area contributed by atoms with Gasteiger partial charge < -0.3 is 10.3 Å². The van der Waals surface area contributed by atoms with Crippen LogP contribution in [-0.2, 0) is 20.1 Å². The van der Waals surface area contributed by atoms with Crippen molar-refractivity contribution in [3.63, 3.8) is 0 Å². The Labute approximate surface area is 215 Å². The average Bonchev–Trinajstić information content (AvgIpc) is 3.11. The molecule has 2 aromatic heterocycles. The highest BCUT2D eigenvalue weighted by molar-refractivity contribution is 8.00. The molecule has 0 aliphatic carbocycles. The first-order valence-electron chi connectivity index (χ1n) is 10.4. The fourth-order valence-corrected chi connectivity index (χ4v) is 4.32. The fraction of sp³-hybridized carbons (Fsp3) is 0.409. The van der Waals surface area contributed by atoms with E-state index in [1.165, 1.54) is 27.9 Å². The molecule has 35 heavy (non-hydrogen) atoms. The average molecular weight is 552 g/mol. The minimum atomic E-state index is -4.43. The number of rotatable bonds is 8. The second kappa shape index (κ2) is 11.2. The smallest absolute Gasteiger partial charge is 0.329 e. The van der Waals surface area contributed by atoms with Crippen LogP contribution in [0.5, 0.6) is 0 Å². The van der Waals surface area contributed by atoms with Crippen LogP contribution >= 0.6 is 35.8 Å². The van der Waals surface area contributed by atoms with Gasteiger partial charge in [0.1, 0.15) is 0 Å². The quantitative estimate of drug-likeness (QED) is 0.417. The highest BCUT2D eigenvalue weighted by Gasteiger charge is 2.30. The predicted molar refractivity (Wildman–Crippen MR) is 137 cm³/mol. The summed E-state index contributed by atoms with van der Waals surface area (Å²) >= 11 is 7.04. The van der Waals surface area contributed by atoms with Crippen molar-refractivity contribution in [3.8, 4) is 0 Å². The molecule has 0 amide bonds. The lowest BCUT2D eigenvalue weighted by atomic mass is 10.2. The lowest BCUT2D eigenvalue weighted by Crippen LogP contribution is -2.39. The van der Waals surface area contributed by atoms with E-state index in [1.807, 2.05) is 13.8 Å². The highest BCUT2D eigenvalue weighted by atomic mass is 35.5. The zero-order valence-electron chi connectivity index (χ0n) is 19.3. The molecule has 2 N–H and O–H groups in total. The number of allylic oxidation sites excluding steroid dienone is 1. The first-order chi connectivity index (χ1) is 15.8. The van der Waals surface area contributed by atoms with Gasteiger partial charge in [-0.2, -0.15) is 13.2 Å². The number of aromatic nitrogens is 4. The van der Waals surface area contributed by atoms with Crippen LogP contribution in [0.25, 0.3) is 17.2 Å². The van der Waals surface area contributed by atoms with E-state index < -0.39 is 35.1 Å². The number of imidazole rings is 1. The summed E-state index contributed by atoms with van der Waals surface area (Å²) in [6.45, 7) is 3.31. The zero-order chi connectivity index (χ0) is 25.3. The minimum absolute atomic E-state index is 0. The molecule has 0 aliphatic heterocycles. The van der Waals surface area contributed by atoms with Gasteiger partial charge in [0.25, 0.3) is 5.56 Å². The van der Waals surface area contributed by atoms with E-state index in [0.29, 0.717) is 5.02 Å². The van der Waals surface area contributed by atoms with Gasteiger partial charge in [0.15, 0.2) is 16.3 Å². The van der Waals surface area contributed by atoms with Gasteiger partial charge >= 0.3 is 11.9 Å². The molecule has 0 radical (unpaired) electrons. The Hall–Kier alpha value is -2.21. The second-order valence-electron chi connectivity index (χ2n) is 8.36. The van der Waals surface area contributed by atoms with Gasteiger partial charge in [-0.3, -0.25) is 13.9 Å². The van der Waals surface area contributed by atoms with E-state index in [1.54, 1.807) is 36.4 Å². The Morgan fingerprint density at radius 3 is 2.34 bits per heavy atom. The molecule has 0 spiro atoms. The summed E-state index contributed by atoms with van der Waals surface area (Å²) in [5.74, 6) is 0. The van der Waals surface area contributed by atoms with Crippen molar-refractivity contribution < 1.29 is 13.2 Å². The third kappa shape index (κ3) is 6.93. The molecule has 0 bridgehead atoms. The monoisotopic (exact) mass is 551 g/mol. The lowest BCUT2D eigenvalue weighted by molar-refractivity contribution is -0.136. The molecule has 192 valence electrons. The standard InChI is InChI=1S/C22H25ClF3N5O2S.ClH/c1-21(2,13-27)34-19-28-17-16(30(19)12-10-22(24,25)26)18(32)31(20(33)29(17)3)11-4-5-14-6-8-15(23)9-7-14;/h4-9H,10-13,27H2,1-3H3;1H/b5-4+;. The molecular weight excluding hydrogens is 526 g/mol. The second-order valence-corrected chi connectivity index (χ2v) is 10.5. The van der Waals surface area contributed by atoms with Crippen LogP contribution in [0.3, 0.4) is 0 Å². The number of hydrogen-bond donors (Lipinski definition) is 1. The first kappa shape index (κ1) is 29.0. The Morgan fingerprint density at radius 2 is 1.77 bits per heavy atom. The summed E-state index contributed by atoms with van der Waals surface area (Å²) in [6, 6.07) is 6.97. The van der Waals surface area contributed by atoms with Crippen molar-refractivity contribution in [2.24, 2.45) is 12.8 Å². The van der Waals surface area contributed by atoms with Gasteiger partial charge in [0, 0.05) is 36.5 Å². The number of alkyl halides is 3. The van der Waals surface area contributed by atoms with Gasteiger partial charge in [0.2, 0.25) is 0 Å². The minimum Gasteiger partial charge on any atom is -0.329 e. The maximum atomic E-state index is 13.3. The first-order valence-corrected chi connectivity index (χ1v) is 11.6. The van der Waals surface area contributed by atoms with Crippen LogP contribution in [0.1, 0.15) is 25.8 Å². The Morgan fingerprint density at radius 1 is 1.14 bits per heavy atom. The number of fused-ring (bicyclic) bond motifs is 1. The number of hydrogen-bond acceptors (Lipinski definition) is 5. The molecule has 7 nitrogen and oxygen atoms in total. The number of nitrogens with two attached hydrogens (primary N) is 1. The molecule has 0 saturated carbocycles. The number of aryl methyl sites for hydroxylation is 2. The highest BCUT2D eigenvalue weighted by Crippen LogP contribution is 2.33. The number of benzene rings is 1. The molecule has 13 heteroatoms. The Kier molecular flexibility index (Phi) is 9.32. The molecule has 3 aromatic rings. The van der Waals surface area contributed by atoms with Crippen LogP contribution in [0.4, 0.5) is 13.2 Å². The molecule has 0 saturated heterocycles. The molecule has 2 heterocycles. The molecule has 0 atom stereocenters. The summed E-state index contributed by atoms with van der Waals surface area (Å²) < 4.78 is 42.0. The van der Waals surface area contributed by atoms with Gasteiger partial charge in [-0.05, 0) is 31.5 Å². The molecule has 0 fully saturated rings. The maximum Gasteiger partial charge on any atom is 0.390 e. The Bertz CT molecular complexity index is 1330. The van der Waals surface area contributed by atoms with Gasteiger partial charge in [0.05, 0.1) is 6.42 Å². The summed E-state index contributed by atoms with van der Waals surface area (Å²) in [7, 11) is 1.44. The predicted octanol–water partition coefficient (Wildman–Crippen LogP) is 4.47. The van der Waals surface area contributed by atoms with Crippen molar-refractivity contribution >= 4 is 53.0 Å². The molecule has 0 unspecified atom stereocenters. The normalized spacial score (nSPS) is 12.5. The van der Waals surface area contributed by atoms with Crippen LogP contribution in [0.15, 0.2) is 45.1 Å². The lowest BCUT2D eigenvalue weighted by Gasteiger charge is -2.21. The zero-order valence-corrected chi connectivity index (χ0v) is 21.7. The number of thioether (sulfide) groups is 1. The van der Waals surface area contributed by atoms with E-state index in [4.69, 9.17) is 17.3 Å². The van der Waals surface area contributed by atoms with Crippen molar-refractivity contribution in [2.45, 2.75) is 49.4 Å². The van der Waals surface area contributed by atoms with E-state index in [2.05, 4.69) is 4.98 Å². The van der Waals surface area contributed by atoms with E-state index >= 15 is 0 Å². The number of nitrogens with zero attached hydrogens (tertiary/aromatic N) is 4. The summed E-state index contributed by atoms with van der Waals surface area (Å²) in [4.78, 5) is 30.6. The molecule has 3 rings (SSSR count). The topological polar surface area (TPSA) is 87.8 Å². The van der Waals surface area contributed by atoms with Crippen LogP contribution in [-0.4, -0.2) is 36.2 Å². The van der Waals surface area contributed by atoms with E-state index in [9.17, 15) is 22.8 Å². The van der Waals surface area contributed by atoms with E-state index in [-0.39, 0.29) is 41.8 Å². The van der Waals surface area contributed by atoms with Crippen LogP contribution in [0.2, 0.25) is 5.02 Å². The molecule has 1 aromatic carbocycles. The third-order valence-corrected chi connectivity index (χ3v) is 6.61. The fourth-order valence-electron chi connectivity index (χ4n) is 3.19. The van der Waals surface area contributed by atoms with Crippen molar-refractivity contribution in [1.82, 2.24) is 18.7 Å². The summed E-state index contributed by atoms with van der Waals surface area (Å²) in [5, 5.41) is 0.780. The molecular formula is C22H26Cl2F3N5O2S. The summed E-state index contributed by atoms with van der Waals surface area (Å²) in [5.41, 5.74) is 5.26. The Balaban J connectivity index is 0.00000432. The van der Waals surface area contributed by atoms with Crippen LogP contribution < -0.4 is 17.0 Å². The van der Waals surface area contributed by atoms with Crippen molar-refractivity contribution in [3.05, 3.63) is 61.8 Å². The summed E-state index contributed by atoms with van der Waals surface area (Å²) in [6.07, 6.45) is -2.23.